The van der Waals surface area contributed by atoms with Crippen molar-refractivity contribution in [3.05, 3.63) is 87.2 Å². The predicted octanol–water partition coefficient (Wildman–Crippen LogP) is 3.70. The van der Waals surface area contributed by atoms with Gasteiger partial charge >= 0.3 is 0 Å². The number of furan rings is 1. The Hall–Kier alpha value is -2.79. The molecule has 0 saturated carbocycles. The van der Waals surface area contributed by atoms with Crippen LogP contribution in [0.3, 0.4) is 0 Å². The lowest BCUT2D eigenvalue weighted by atomic mass is 10.2. The third kappa shape index (κ3) is 3.58. The average Bonchev–Trinajstić information content (AvgIpc) is 3.02. The van der Waals surface area contributed by atoms with Crippen molar-refractivity contribution in [3.63, 3.8) is 0 Å². The topological polar surface area (TPSA) is 64.2 Å². The van der Waals surface area contributed by atoms with Gasteiger partial charge in [-0.2, -0.15) is 0 Å². The zero-order valence-electron chi connectivity index (χ0n) is 13.0. The molecule has 0 aliphatic rings. The second kappa shape index (κ2) is 6.76. The molecule has 3 rings (SSSR count). The van der Waals surface area contributed by atoms with Gasteiger partial charge in [0.1, 0.15) is 5.76 Å². The van der Waals surface area contributed by atoms with E-state index < -0.39 is 0 Å². The lowest BCUT2D eigenvalue weighted by Gasteiger charge is -2.07. The number of hydrogen-bond donors (Lipinski definition) is 1. The SMILES string of the molecule is Cc1ccc(Cl)cc1NC(=O)c1ccc(Cn2ccccc2=O)o1. The zero-order chi connectivity index (χ0) is 17.1. The summed E-state index contributed by atoms with van der Waals surface area (Å²) in [6.45, 7) is 2.14. The van der Waals surface area contributed by atoms with Gasteiger partial charge in [-0.15, -0.1) is 0 Å². The van der Waals surface area contributed by atoms with E-state index in [0.29, 0.717) is 16.5 Å². The van der Waals surface area contributed by atoms with E-state index in [1.807, 2.05) is 13.0 Å². The van der Waals surface area contributed by atoms with Crippen LogP contribution in [0.25, 0.3) is 0 Å². The second-order valence-electron chi connectivity index (χ2n) is 5.35. The van der Waals surface area contributed by atoms with Crippen LogP contribution in [0.15, 0.2) is 63.9 Å². The summed E-state index contributed by atoms with van der Waals surface area (Å²) in [6, 6.07) is 13.4. The molecule has 1 N–H and O–H groups in total. The third-order valence-corrected chi connectivity index (χ3v) is 3.79. The van der Waals surface area contributed by atoms with Crippen LogP contribution < -0.4 is 10.9 Å². The Labute approximate surface area is 143 Å². The van der Waals surface area contributed by atoms with Crippen LogP contribution in [0.1, 0.15) is 21.9 Å². The number of carbonyl (C=O) groups excluding carboxylic acids is 1. The maximum absolute atomic E-state index is 12.3. The highest BCUT2D eigenvalue weighted by Gasteiger charge is 2.13. The number of amides is 1. The van der Waals surface area contributed by atoms with Crippen molar-refractivity contribution in [3.8, 4) is 0 Å². The molecule has 0 atom stereocenters. The monoisotopic (exact) mass is 342 g/mol. The molecule has 0 radical (unpaired) electrons. The first-order chi connectivity index (χ1) is 11.5. The van der Waals surface area contributed by atoms with Crippen molar-refractivity contribution in [2.45, 2.75) is 13.5 Å². The summed E-state index contributed by atoms with van der Waals surface area (Å²) in [4.78, 5) is 24.0. The molecule has 0 bridgehead atoms. The van der Waals surface area contributed by atoms with Crippen molar-refractivity contribution in [1.29, 1.82) is 0 Å². The van der Waals surface area contributed by atoms with Crippen molar-refractivity contribution < 1.29 is 9.21 Å². The first-order valence-corrected chi connectivity index (χ1v) is 7.72. The highest BCUT2D eigenvalue weighted by Crippen LogP contribution is 2.21. The largest absolute Gasteiger partial charge is 0.454 e. The number of nitrogens with zero attached hydrogens (tertiary/aromatic N) is 1. The van der Waals surface area contributed by atoms with Crippen molar-refractivity contribution in [2.24, 2.45) is 0 Å². The summed E-state index contributed by atoms with van der Waals surface area (Å²) in [5.74, 6) is 0.330. The number of pyridine rings is 1. The number of rotatable bonds is 4. The minimum atomic E-state index is -0.368. The average molecular weight is 343 g/mol. The first kappa shape index (κ1) is 16.1. The molecule has 0 unspecified atom stereocenters. The molecule has 122 valence electrons. The standard InChI is InChI=1S/C18H15ClN2O3/c1-12-5-6-13(19)10-15(12)20-18(23)16-8-7-14(24-16)11-21-9-3-2-4-17(21)22/h2-10H,11H2,1H3,(H,20,23). The van der Waals surface area contributed by atoms with Crippen LogP contribution in [0.4, 0.5) is 5.69 Å². The Kier molecular flexibility index (Phi) is 4.53. The molecule has 1 amide bonds. The van der Waals surface area contributed by atoms with E-state index in [2.05, 4.69) is 5.32 Å². The minimum absolute atomic E-state index is 0.130. The highest BCUT2D eigenvalue weighted by molar-refractivity contribution is 6.31. The van der Waals surface area contributed by atoms with E-state index in [1.165, 1.54) is 10.6 Å². The van der Waals surface area contributed by atoms with Crippen LogP contribution in [0, 0.1) is 6.92 Å². The normalized spacial score (nSPS) is 10.6. The van der Waals surface area contributed by atoms with E-state index in [1.54, 1.807) is 42.6 Å². The second-order valence-corrected chi connectivity index (χ2v) is 5.78. The third-order valence-electron chi connectivity index (χ3n) is 3.56. The predicted molar refractivity (Wildman–Crippen MR) is 92.7 cm³/mol. The van der Waals surface area contributed by atoms with Crippen LogP contribution in [0.2, 0.25) is 5.02 Å². The van der Waals surface area contributed by atoms with E-state index >= 15 is 0 Å². The van der Waals surface area contributed by atoms with Crippen LogP contribution in [0.5, 0.6) is 0 Å². The number of anilines is 1. The molecule has 3 aromatic rings. The molecule has 0 aliphatic carbocycles. The quantitative estimate of drug-likeness (QED) is 0.786. The zero-order valence-corrected chi connectivity index (χ0v) is 13.7. The van der Waals surface area contributed by atoms with Gasteiger partial charge in [0.2, 0.25) is 0 Å². The van der Waals surface area contributed by atoms with Gasteiger partial charge in [0, 0.05) is 23.0 Å². The Bertz CT molecular complexity index is 943. The van der Waals surface area contributed by atoms with Gasteiger partial charge in [0.05, 0.1) is 6.54 Å². The Morgan fingerprint density at radius 3 is 2.83 bits per heavy atom. The van der Waals surface area contributed by atoms with E-state index in [-0.39, 0.29) is 23.8 Å². The number of aromatic nitrogens is 1. The highest BCUT2D eigenvalue weighted by atomic mass is 35.5. The fraction of sp³-hybridized carbons (Fsp3) is 0.111. The molecule has 2 heterocycles. The maximum atomic E-state index is 12.3. The van der Waals surface area contributed by atoms with Gasteiger partial charge in [-0.3, -0.25) is 9.59 Å². The van der Waals surface area contributed by atoms with Gasteiger partial charge in [0.15, 0.2) is 5.76 Å². The maximum Gasteiger partial charge on any atom is 0.291 e. The lowest BCUT2D eigenvalue weighted by molar-refractivity contribution is 0.0994. The van der Waals surface area contributed by atoms with Gasteiger partial charge in [-0.05, 0) is 42.8 Å². The van der Waals surface area contributed by atoms with Crippen LogP contribution in [-0.4, -0.2) is 10.5 Å². The van der Waals surface area contributed by atoms with Gasteiger partial charge in [0.25, 0.3) is 11.5 Å². The lowest BCUT2D eigenvalue weighted by Crippen LogP contribution is -2.18. The molecule has 0 aliphatic heterocycles. The Balaban J connectivity index is 1.75. The number of aryl methyl sites for hydroxylation is 1. The number of halogens is 1. The van der Waals surface area contributed by atoms with Gasteiger partial charge < -0.3 is 14.3 Å². The van der Waals surface area contributed by atoms with Gasteiger partial charge in [-0.25, -0.2) is 0 Å². The molecule has 5 nitrogen and oxygen atoms in total. The number of benzene rings is 1. The smallest absolute Gasteiger partial charge is 0.291 e. The molecule has 0 spiro atoms. The molecule has 6 heteroatoms. The van der Waals surface area contributed by atoms with Crippen molar-refractivity contribution in [1.82, 2.24) is 4.57 Å². The molecule has 0 saturated heterocycles. The van der Waals surface area contributed by atoms with Crippen LogP contribution >= 0.6 is 11.6 Å². The fourth-order valence-electron chi connectivity index (χ4n) is 2.26. The van der Waals surface area contributed by atoms with E-state index in [9.17, 15) is 9.59 Å². The molecular weight excluding hydrogens is 328 g/mol. The molecular formula is C18H15ClN2O3. The van der Waals surface area contributed by atoms with Crippen LogP contribution in [-0.2, 0) is 6.54 Å². The summed E-state index contributed by atoms with van der Waals surface area (Å²) < 4.78 is 7.04. The first-order valence-electron chi connectivity index (χ1n) is 7.34. The van der Waals surface area contributed by atoms with E-state index in [0.717, 1.165) is 5.56 Å². The summed E-state index contributed by atoms with van der Waals surface area (Å²) in [5.41, 5.74) is 1.40. The summed E-state index contributed by atoms with van der Waals surface area (Å²) in [5, 5.41) is 3.31. The summed E-state index contributed by atoms with van der Waals surface area (Å²) in [7, 11) is 0. The molecule has 1 aromatic carbocycles. The van der Waals surface area contributed by atoms with Crippen molar-refractivity contribution >= 4 is 23.2 Å². The number of nitrogens with one attached hydrogen (secondary N) is 1. The minimum Gasteiger partial charge on any atom is -0.454 e. The van der Waals surface area contributed by atoms with Crippen molar-refractivity contribution in [2.75, 3.05) is 5.32 Å². The summed E-state index contributed by atoms with van der Waals surface area (Å²) in [6.07, 6.45) is 1.67. The molecule has 24 heavy (non-hydrogen) atoms. The molecule has 2 aromatic heterocycles. The summed E-state index contributed by atoms with van der Waals surface area (Å²) >= 11 is 5.95. The fourth-order valence-corrected chi connectivity index (χ4v) is 2.43. The Morgan fingerprint density at radius 2 is 2.04 bits per heavy atom. The molecule has 0 fully saturated rings. The number of carbonyl (C=O) groups is 1. The Morgan fingerprint density at radius 1 is 1.21 bits per heavy atom. The van der Waals surface area contributed by atoms with E-state index in [4.69, 9.17) is 16.0 Å². The number of hydrogen-bond acceptors (Lipinski definition) is 3. The van der Waals surface area contributed by atoms with Gasteiger partial charge in [-0.1, -0.05) is 23.7 Å².